The maximum absolute atomic E-state index is 13.1. The van der Waals surface area contributed by atoms with E-state index in [1.807, 2.05) is 53.4 Å². The van der Waals surface area contributed by atoms with Gasteiger partial charge in [-0.2, -0.15) is 0 Å². The van der Waals surface area contributed by atoms with Crippen LogP contribution in [0.5, 0.6) is 0 Å². The number of carbonyl (C=O) groups excluding carboxylic acids is 2. The zero-order valence-electron chi connectivity index (χ0n) is 15.9. The van der Waals surface area contributed by atoms with Crippen molar-refractivity contribution in [1.82, 2.24) is 5.32 Å². The van der Waals surface area contributed by atoms with E-state index in [1.54, 1.807) is 0 Å². The largest absolute Gasteiger partial charge is 0.351 e. The van der Waals surface area contributed by atoms with Crippen LogP contribution in [0.1, 0.15) is 49.7 Å². The second kappa shape index (κ2) is 7.96. The molecule has 0 radical (unpaired) electrons. The van der Waals surface area contributed by atoms with E-state index in [0.29, 0.717) is 18.0 Å². The molecule has 146 valence electrons. The van der Waals surface area contributed by atoms with E-state index in [1.165, 1.54) is 0 Å². The number of nitrogens with one attached hydrogen (secondary N) is 1. The number of nitrogens with zero attached hydrogens (tertiary/aromatic N) is 1. The zero-order valence-corrected chi connectivity index (χ0v) is 16.7. The van der Waals surface area contributed by atoms with E-state index in [2.05, 4.69) is 5.32 Å². The first-order chi connectivity index (χ1) is 13.6. The lowest BCUT2D eigenvalue weighted by atomic mass is 9.78. The molecule has 0 bridgehead atoms. The second-order valence-electron chi connectivity index (χ2n) is 7.79. The lowest BCUT2D eigenvalue weighted by Gasteiger charge is -2.28. The second-order valence-corrected chi connectivity index (χ2v) is 8.23. The normalized spacial score (nSPS) is 18.5. The highest BCUT2D eigenvalue weighted by Crippen LogP contribution is 2.41. The Balaban J connectivity index is 1.44. The minimum atomic E-state index is -0.452. The number of anilines is 1. The molecule has 1 saturated heterocycles. The molecular weight excluding hydrogens is 372 g/mol. The summed E-state index contributed by atoms with van der Waals surface area (Å²) in [6.07, 6.45) is 5.42. The molecule has 1 saturated carbocycles. The fraction of sp³-hybridized carbons (Fsp3) is 0.391. The molecule has 0 aromatic heterocycles. The van der Waals surface area contributed by atoms with Crippen molar-refractivity contribution in [2.75, 3.05) is 11.4 Å². The molecule has 2 fully saturated rings. The Kier molecular flexibility index (Phi) is 5.40. The smallest absolute Gasteiger partial charge is 0.230 e. The number of rotatable bonds is 5. The van der Waals surface area contributed by atoms with E-state index in [9.17, 15) is 9.59 Å². The van der Waals surface area contributed by atoms with Gasteiger partial charge in [0.2, 0.25) is 11.8 Å². The van der Waals surface area contributed by atoms with E-state index >= 15 is 0 Å². The molecule has 2 aromatic carbocycles. The molecule has 4 nitrogen and oxygen atoms in total. The van der Waals surface area contributed by atoms with E-state index in [0.717, 1.165) is 55.5 Å². The summed E-state index contributed by atoms with van der Waals surface area (Å²) < 4.78 is 0. The van der Waals surface area contributed by atoms with Crippen LogP contribution in [-0.2, 0) is 21.5 Å². The summed E-state index contributed by atoms with van der Waals surface area (Å²) in [6.45, 7) is 1.28. The van der Waals surface area contributed by atoms with E-state index in [4.69, 9.17) is 11.6 Å². The van der Waals surface area contributed by atoms with Crippen LogP contribution in [0, 0.1) is 0 Å². The first kappa shape index (κ1) is 19.0. The molecule has 5 heteroatoms. The molecule has 0 unspecified atom stereocenters. The van der Waals surface area contributed by atoms with Gasteiger partial charge in [-0.25, -0.2) is 0 Å². The average molecular weight is 397 g/mol. The Hall–Kier alpha value is -2.33. The van der Waals surface area contributed by atoms with Crippen molar-refractivity contribution in [2.24, 2.45) is 0 Å². The summed E-state index contributed by atoms with van der Waals surface area (Å²) in [4.78, 5) is 26.9. The molecule has 0 spiro atoms. The predicted molar refractivity (Wildman–Crippen MR) is 111 cm³/mol. The monoisotopic (exact) mass is 396 g/mol. The van der Waals surface area contributed by atoms with E-state index in [-0.39, 0.29) is 11.8 Å². The lowest BCUT2D eigenvalue weighted by molar-refractivity contribution is -0.126. The van der Waals surface area contributed by atoms with Crippen molar-refractivity contribution in [3.8, 4) is 0 Å². The van der Waals surface area contributed by atoms with E-state index < -0.39 is 5.41 Å². The minimum absolute atomic E-state index is 0.0890. The summed E-state index contributed by atoms with van der Waals surface area (Å²) in [6, 6.07) is 15.6. The summed E-state index contributed by atoms with van der Waals surface area (Å²) in [5, 5.41) is 3.83. The maximum Gasteiger partial charge on any atom is 0.230 e. The lowest BCUT2D eigenvalue weighted by Crippen LogP contribution is -2.42. The molecule has 1 aliphatic heterocycles. The van der Waals surface area contributed by atoms with Crippen LogP contribution < -0.4 is 10.2 Å². The van der Waals surface area contributed by atoms with Crippen LogP contribution in [0.15, 0.2) is 48.5 Å². The number of benzene rings is 2. The van der Waals surface area contributed by atoms with Crippen LogP contribution >= 0.6 is 11.6 Å². The molecule has 2 aromatic rings. The third-order valence-corrected chi connectivity index (χ3v) is 6.32. The molecule has 1 N–H and O–H groups in total. The number of amides is 2. The molecule has 1 heterocycles. The van der Waals surface area contributed by atoms with Crippen LogP contribution in [-0.4, -0.2) is 18.4 Å². The summed E-state index contributed by atoms with van der Waals surface area (Å²) in [7, 11) is 0. The van der Waals surface area contributed by atoms with Gasteiger partial charge in [0, 0.05) is 30.2 Å². The van der Waals surface area contributed by atoms with Crippen molar-refractivity contribution >= 4 is 29.1 Å². The maximum atomic E-state index is 13.1. The highest BCUT2D eigenvalue weighted by atomic mass is 35.5. The Morgan fingerprint density at radius 1 is 1.00 bits per heavy atom. The van der Waals surface area contributed by atoms with Crippen molar-refractivity contribution < 1.29 is 9.59 Å². The first-order valence-corrected chi connectivity index (χ1v) is 10.4. The van der Waals surface area contributed by atoms with Gasteiger partial charge < -0.3 is 10.2 Å². The van der Waals surface area contributed by atoms with Gasteiger partial charge >= 0.3 is 0 Å². The third-order valence-electron chi connectivity index (χ3n) is 6.06. The molecule has 1 aliphatic carbocycles. The number of hydrogen-bond acceptors (Lipinski definition) is 2. The average Bonchev–Trinajstić information content (AvgIpc) is 3.37. The summed E-state index contributed by atoms with van der Waals surface area (Å²) >= 11 is 6.03. The van der Waals surface area contributed by atoms with Crippen LogP contribution in [0.25, 0.3) is 0 Å². The fourth-order valence-corrected chi connectivity index (χ4v) is 4.59. The zero-order chi connectivity index (χ0) is 19.6. The van der Waals surface area contributed by atoms with Crippen LogP contribution in [0.2, 0.25) is 5.02 Å². The van der Waals surface area contributed by atoms with Gasteiger partial charge in [-0.3, -0.25) is 9.59 Å². The Bertz CT molecular complexity index is 855. The standard InChI is InChI=1S/C23H25ClN2O2/c24-19-9-7-18(8-10-19)23(13-1-2-14-23)22(28)25-16-17-5-11-20(12-6-17)26-15-3-4-21(26)27/h5-12H,1-4,13-16H2,(H,25,28). The number of halogens is 1. The molecule has 0 atom stereocenters. The highest BCUT2D eigenvalue weighted by Gasteiger charge is 2.42. The van der Waals surface area contributed by atoms with Gasteiger partial charge in [0.05, 0.1) is 5.41 Å². The van der Waals surface area contributed by atoms with Gasteiger partial charge in [0.15, 0.2) is 0 Å². The van der Waals surface area contributed by atoms with Crippen molar-refractivity contribution in [3.05, 3.63) is 64.7 Å². The third kappa shape index (κ3) is 3.66. The van der Waals surface area contributed by atoms with Crippen molar-refractivity contribution in [2.45, 2.75) is 50.5 Å². The molecule has 4 rings (SSSR count). The van der Waals surface area contributed by atoms with Gasteiger partial charge in [-0.1, -0.05) is 48.7 Å². The van der Waals surface area contributed by atoms with Crippen molar-refractivity contribution in [3.63, 3.8) is 0 Å². The van der Waals surface area contributed by atoms with Gasteiger partial charge in [0.1, 0.15) is 0 Å². The summed E-state index contributed by atoms with van der Waals surface area (Å²) in [5.74, 6) is 0.276. The molecule has 2 aliphatic rings. The summed E-state index contributed by atoms with van der Waals surface area (Å²) in [5.41, 5.74) is 2.57. The van der Waals surface area contributed by atoms with Gasteiger partial charge in [0.25, 0.3) is 0 Å². The quantitative estimate of drug-likeness (QED) is 0.803. The number of hydrogen-bond donors (Lipinski definition) is 1. The van der Waals surface area contributed by atoms with Gasteiger partial charge in [-0.05, 0) is 54.7 Å². The Morgan fingerprint density at radius 2 is 1.68 bits per heavy atom. The Labute approximate surface area is 170 Å². The Morgan fingerprint density at radius 3 is 2.29 bits per heavy atom. The van der Waals surface area contributed by atoms with Crippen molar-refractivity contribution in [1.29, 1.82) is 0 Å². The SMILES string of the molecule is O=C1CCCN1c1ccc(CNC(=O)C2(c3ccc(Cl)cc3)CCCC2)cc1. The fourth-order valence-electron chi connectivity index (χ4n) is 4.46. The number of carbonyl (C=O) groups is 2. The molecule has 28 heavy (non-hydrogen) atoms. The van der Waals surface area contributed by atoms with Gasteiger partial charge in [-0.15, -0.1) is 0 Å². The topological polar surface area (TPSA) is 49.4 Å². The van der Waals surface area contributed by atoms with Crippen LogP contribution in [0.4, 0.5) is 5.69 Å². The molecular formula is C23H25ClN2O2. The first-order valence-electron chi connectivity index (χ1n) is 10.0. The minimum Gasteiger partial charge on any atom is -0.351 e. The highest BCUT2D eigenvalue weighted by molar-refractivity contribution is 6.30. The van der Waals surface area contributed by atoms with Crippen LogP contribution in [0.3, 0.4) is 0 Å². The molecule has 2 amide bonds. The predicted octanol–water partition coefficient (Wildman–Crippen LogP) is 4.60.